The molecule has 0 saturated carbocycles. The lowest BCUT2D eigenvalue weighted by atomic mass is 10.2. The minimum absolute atomic E-state index is 0.426. The summed E-state index contributed by atoms with van der Waals surface area (Å²) in [7, 11) is 4.33. The number of hydrogen-bond acceptors (Lipinski definition) is 1. The lowest BCUT2D eigenvalue weighted by molar-refractivity contribution is -0.903. The summed E-state index contributed by atoms with van der Waals surface area (Å²) in [4.78, 5) is 10.7. The summed E-state index contributed by atoms with van der Waals surface area (Å²) in [6.07, 6.45) is 2.59. The number of rotatable bonds is 6. The second-order valence-corrected chi connectivity index (χ2v) is 5.28. The van der Waals surface area contributed by atoms with E-state index in [1.165, 1.54) is 5.56 Å². The van der Waals surface area contributed by atoms with Crippen molar-refractivity contribution in [3.8, 4) is 0 Å². The van der Waals surface area contributed by atoms with E-state index in [0.717, 1.165) is 24.0 Å². The molecular weight excluding hydrogens is 226 g/mol. The van der Waals surface area contributed by atoms with Crippen LogP contribution < -0.4 is 0 Å². The van der Waals surface area contributed by atoms with Crippen molar-refractivity contribution in [2.75, 3.05) is 20.6 Å². The van der Waals surface area contributed by atoms with Gasteiger partial charge in [0.05, 0.1) is 20.6 Å². The van der Waals surface area contributed by atoms with Crippen LogP contribution in [0.1, 0.15) is 18.9 Å². The second kappa shape index (κ2) is 6.36. The van der Waals surface area contributed by atoms with Crippen molar-refractivity contribution in [3.05, 3.63) is 47.5 Å². The van der Waals surface area contributed by atoms with Crippen LogP contribution in [0.25, 0.3) is 0 Å². The van der Waals surface area contributed by atoms with Crippen LogP contribution in [-0.4, -0.2) is 36.2 Å². The largest absolute Gasteiger partial charge is 0.478 e. The van der Waals surface area contributed by atoms with Gasteiger partial charge in [-0.3, -0.25) is 0 Å². The number of quaternary nitrogens is 1. The molecule has 0 aliphatic heterocycles. The number of aliphatic carboxylic acids is 1. The van der Waals surface area contributed by atoms with Crippen LogP contribution in [0.3, 0.4) is 0 Å². The smallest absolute Gasteiger partial charge is 0.330 e. The molecule has 0 fully saturated rings. The molecule has 0 spiro atoms. The van der Waals surface area contributed by atoms with Crippen molar-refractivity contribution in [2.45, 2.75) is 19.9 Å². The van der Waals surface area contributed by atoms with E-state index < -0.39 is 5.97 Å². The maximum absolute atomic E-state index is 10.7. The van der Waals surface area contributed by atoms with Gasteiger partial charge in [0, 0.05) is 17.6 Å². The molecular formula is C15H22NO2+. The summed E-state index contributed by atoms with van der Waals surface area (Å²) in [6, 6.07) is 10.4. The molecule has 0 aliphatic rings. The summed E-state index contributed by atoms with van der Waals surface area (Å²) in [6.45, 7) is 3.53. The molecule has 0 amide bonds. The van der Waals surface area contributed by atoms with Crippen LogP contribution in [0.5, 0.6) is 0 Å². The van der Waals surface area contributed by atoms with Gasteiger partial charge in [-0.05, 0) is 6.92 Å². The number of carboxylic acid groups (broad SMARTS) is 1. The molecule has 0 bridgehead atoms. The first kappa shape index (κ1) is 14.5. The Morgan fingerprint density at radius 3 is 2.44 bits per heavy atom. The number of nitrogens with zero attached hydrogens (tertiary/aromatic N) is 1. The van der Waals surface area contributed by atoms with Crippen molar-refractivity contribution in [2.24, 2.45) is 0 Å². The molecule has 1 aromatic rings. The van der Waals surface area contributed by atoms with Crippen molar-refractivity contribution in [3.63, 3.8) is 0 Å². The van der Waals surface area contributed by atoms with E-state index in [1.54, 1.807) is 13.0 Å². The Bertz CT molecular complexity index is 421. The quantitative estimate of drug-likeness (QED) is 0.621. The van der Waals surface area contributed by atoms with Gasteiger partial charge in [0.15, 0.2) is 0 Å². The highest BCUT2D eigenvalue weighted by atomic mass is 16.4. The fraction of sp³-hybridized carbons (Fsp3) is 0.400. The van der Waals surface area contributed by atoms with Crippen LogP contribution in [0.15, 0.2) is 42.0 Å². The maximum Gasteiger partial charge on any atom is 0.330 e. The summed E-state index contributed by atoms with van der Waals surface area (Å²) in [5, 5.41) is 8.77. The maximum atomic E-state index is 10.7. The lowest BCUT2D eigenvalue weighted by Gasteiger charge is -2.29. The molecule has 0 aromatic heterocycles. The third-order valence-corrected chi connectivity index (χ3v) is 2.98. The number of carboxylic acids is 1. The Balaban J connectivity index is 2.50. The molecule has 0 unspecified atom stereocenters. The molecule has 1 aromatic carbocycles. The Morgan fingerprint density at radius 2 is 1.89 bits per heavy atom. The van der Waals surface area contributed by atoms with Gasteiger partial charge in [0.1, 0.15) is 6.54 Å². The van der Waals surface area contributed by atoms with Gasteiger partial charge in [-0.1, -0.05) is 36.4 Å². The summed E-state index contributed by atoms with van der Waals surface area (Å²) in [5.41, 5.74) is 1.73. The summed E-state index contributed by atoms with van der Waals surface area (Å²) >= 11 is 0. The average molecular weight is 248 g/mol. The molecule has 1 rings (SSSR count). The minimum atomic E-state index is -0.830. The minimum Gasteiger partial charge on any atom is -0.478 e. The molecule has 18 heavy (non-hydrogen) atoms. The highest BCUT2D eigenvalue weighted by Crippen LogP contribution is 2.10. The summed E-state index contributed by atoms with van der Waals surface area (Å²) in [5.74, 6) is -0.830. The van der Waals surface area contributed by atoms with E-state index >= 15 is 0 Å². The zero-order chi connectivity index (χ0) is 13.6. The van der Waals surface area contributed by atoms with E-state index in [0.29, 0.717) is 5.57 Å². The third kappa shape index (κ3) is 5.15. The van der Waals surface area contributed by atoms with Gasteiger partial charge in [0.25, 0.3) is 0 Å². The van der Waals surface area contributed by atoms with Gasteiger partial charge in [-0.2, -0.15) is 0 Å². The predicted molar refractivity (Wildman–Crippen MR) is 73.1 cm³/mol. The highest BCUT2D eigenvalue weighted by molar-refractivity contribution is 5.85. The van der Waals surface area contributed by atoms with Gasteiger partial charge in [-0.15, -0.1) is 0 Å². The predicted octanol–water partition coefficient (Wildman–Crippen LogP) is 2.68. The molecule has 0 aliphatic carbocycles. The number of carbonyl (C=O) groups is 1. The zero-order valence-electron chi connectivity index (χ0n) is 11.4. The molecule has 0 saturated heterocycles. The van der Waals surface area contributed by atoms with Gasteiger partial charge in [-0.25, -0.2) is 4.79 Å². The monoisotopic (exact) mass is 248 g/mol. The first-order valence-corrected chi connectivity index (χ1v) is 6.17. The Labute approximate surface area is 109 Å². The van der Waals surface area contributed by atoms with Gasteiger partial charge in [0.2, 0.25) is 0 Å². The standard InChI is InChI=1S/C15H21NO2/c1-13(15(17)18)8-7-11-16(2,3)12-14-9-5-4-6-10-14/h4-6,8-10H,7,11-12H2,1-3H3/p+1. The van der Waals surface area contributed by atoms with E-state index in [1.807, 2.05) is 18.2 Å². The average Bonchev–Trinajstić information content (AvgIpc) is 2.29. The van der Waals surface area contributed by atoms with E-state index in [2.05, 4.69) is 26.2 Å². The molecule has 98 valence electrons. The molecule has 1 N–H and O–H groups in total. The Hall–Kier alpha value is -1.61. The molecule has 0 heterocycles. The molecule has 3 nitrogen and oxygen atoms in total. The Kier molecular flexibility index (Phi) is 5.10. The fourth-order valence-electron chi connectivity index (χ4n) is 1.87. The van der Waals surface area contributed by atoms with E-state index in [4.69, 9.17) is 5.11 Å². The molecule has 0 atom stereocenters. The van der Waals surface area contributed by atoms with E-state index in [-0.39, 0.29) is 0 Å². The number of benzene rings is 1. The highest BCUT2D eigenvalue weighted by Gasteiger charge is 2.14. The van der Waals surface area contributed by atoms with Crippen molar-refractivity contribution < 1.29 is 14.4 Å². The fourth-order valence-corrected chi connectivity index (χ4v) is 1.87. The van der Waals surface area contributed by atoms with Crippen LogP contribution >= 0.6 is 0 Å². The normalized spacial score (nSPS) is 12.5. The third-order valence-electron chi connectivity index (χ3n) is 2.98. The van der Waals surface area contributed by atoms with Crippen LogP contribution in [0.2, 0.25) is 0 Å². The van der Waals surface area contributed by atoms with Crippen LogP contribution in [-0.2, 0) is 11.3 Å². The molecule has 0 radical (unpaired) electrons. The lowest BCUT2D eigenvalue weighted by Crippen LogP contribution is -2.39. The van der Waals surface area contributed by atoms with Gasteiger partial charge < -0.3 is 9.59 Å². The van der Waals surface area contributed by atoms with E-state index in [9.17, 15) is 4.79 Å². The first-order valence-electron chi connectivity index (χ1n) is 6.17. The summed E-state index contributed by atoms with van der Waals surface area (Å²) < 4.78 is 0.855. The van der Waals surface area contributed by atoms with Crippen LogP contribution in [0, 0.1) is 0 Å². The van der Waals surface area contributed by atoms with Gasteiger partial charge >= 0.3 is 5.97 Å². The second-order valence-electron chi connectivity index (χ2n) is 5.28. The molecule has 3 heteroatoms. The zero-order valence-corrected chi connectivity index (χ0v) is 11.4. The van der Waals surface area contributed by atoms with Crippen LogP contribution in [0.4, 0.5) is 0 Å². The number of hydrogen-bond donors (Lipinski definition) is 1. The first-order chi connectivity index (χ1) is 8.41. The topological polar surface area (TPSA) is 37.3 Å². The Morgan fingerprint density at radius 1 is 1.28 bits per heavy atom. The van der Waals surface area contributed by atoms with Crippen molar-refractivity contribution >= 4 is 5.97 Å². The van der Waals surface area contributed by atoms with Crippen molar-refractivity contribution in [1.82, 2.24) is 0 Å². The SMILES string of the molecule is CC(=CCC[N+](C)(C)Cc1ccccc1)C(=O)O. The van der Waals surface area contributed by atoms with Crippen molar-refractivity contribution in [1.29, 1.82) is 0 Å².